The van der Waals surface area contributed by atoms with Gasteiger partial charge >= 0.3 is 5.97 Å². The van der Waals surface area contributed by atoms with E-state index >= 15 is 0 Å². The highest BCUT2D eigenvalue weighted by atomic mass is 35.5. The molecule has 0 aromatic carbocycles. The van der Waals surface area contributed by atoms with Crippen molar-refractivity contribution in [3.05, 3.63) is 44.9 Å². The van der Waals surface area contributed by atoms with Crippen LogP contribution in [0.25, 0.3) is 21.8 Å². The Labute approximate surface area is 186 Å². The van der Waals surface area contributed by atoms with Gasteiger partial charge in [0.05, 0.1) is 18.4 Å². The maximum atomic E-state index is 11.3. The van der Waals surface area contributed by atoms with Gasteiger partial charge in [0.2, 0.25) is 11.6 Å². The van der Waals surface area contributed by atoms with Gasteiger partial charge in [0.15, 0.2) is 0 Å². The van der Waals surface area contributed by atoms with E-state index in [0.717, 1.165) is 27.9 Å². The third-order valence-corrected chi connectivity index (χ3v) is 6.63. The van der Waals surface area contributed by atoms with Crippen molar-refractivity contribution >= 4 is 55.5 Å². The van der Waals surface area contributed by atoms with E-state index in [0.29, 0.717) is 33.9 Å². The van der Waals surface area contributed by atoms with Crippen molar-refractivity contribution in [3.63, 3.8) is 0 Å². The van der Waals surface area contributed by atoms with E-state index < -0.39 is 0 Å². The zero-order chi connectivity index (χ0) is 21.7. The second-order valence-electron chi connectivity index (χ2n) is 6.06. The molecule has 0 unspecified atom stereocenters. The highest BCUT2D eigenvalue weighted by molar-refractivity contribution is 7.18. The van der Waals surface area contributed by atoms with Gasteiger partial charge in [0.1, 0.15) is 15.0 Å². The molecule has 30 heavy (non-hydrogen) atoms. The second-order valence-corrected chi connectivity index (χ2v) is 8.71. The molecule has 0 saturated heterocycles. The van der Waals surface area contributed by atoms with Crippen molar-refractivity contribution < 1.29 is 14.1 Å². The number of halogens is 1. The van der Waals surface area contributed by atoms with E-state index in [4.69, 9.17) is 26.6 Å². The van der Waals surface area contributed by atoms with Crippen LogP contribution in [0.5, 0.6) is 0 Å². The van der Waals surface area contributed by atoms with Gasteiger partial charge < -0.3 is 15.0 Å². The van der Waals surface area contributed by atoms with Crippen LogP contribution >= 0.6 is 34.3 Å². The van der Waals surface area contributed by atoms with Crippen LogP contribution in [0.4, 0.5) is 5.00 Å². The Morgan fingerprint density at radius 3 is 2.50 bits per heavy atom. The number of rotatable bonds is 5. The first kappa shape index (κ1) is 22.2. The molecule has 0 fully saturated rings. The van der Waals surface area contributed by atoms with Gasteiger partial charge in [-0.15, -0.1) is 22.7 Å². The van der Waals surface area contributed by atoms with Crippen LogP contribution in [0.3, 0.4) is 0 Å². The molecule has 2 N–H and O–H groups in total. The van der Waals surface area contributed by atoms with Gasteiger partial charge in [0.25, 0.3) is 0 Å². The lowest BCUT2D eigenvalue weighted by atomic mass is 10.2. The zero-order valence-electron chi connectivity index (χ0n) is 16.8. The Bertz CT molecular complexity index is 1140. The number of nitrogens with zero attached hydrogens (tertiary/aromatic N) is 3. The first-order chi connectivity index (χ1) is 14.5. The molecular weight excluding hydrogens is 444 g/mol. The van der Waals surface area contributed by atoms with Crippen LogP contribution in [-0.4, -0.2) is 27.7 Å². The van der Waals surface area contributed by atoms with Crippen LogP contribution in [-0.2, 0) is 17.6 Å². The number of hydrogen-bond acceptors (Lipinski definition) is 9. The predicted octanol–water partition coefficient (Wildman–Crippen LogP) is 5.63. The first-order valence-corrected chi connectivity index (χ1v) is 11.4. The smallest absolute Gasteiger partial charge is 0.341 e. The summed E-state index contributed by atoms with van der Waals surface area (Å²) in [7, 11) is 0. The van der Waals surface area contributed by atoms with E-state index in [1.54, 1.807) is 36.6 Å². The third-order valence-electron chi connectivity index (χ3n) is 4.06. The second kappa shape index (κ2) is 10.0. The van der Waals surface area contributed by atoms with E-state index in [2.05, 4.69) is 22.0 Å². The summed E-state index contributed by atoms with van der Waals surface area (Å²) in [5.41, 5.74) is 6.17. The summed E-state index contributed by atoms with van der Waals surface area (Å²) in [6.07, 6.45) is 3.42. The maximum Gasteiger partial charge on any atom is 0.341 e. The maximum absolute atomic E-state index is 11.3. The number of thiophene rings is 2. The van der Waals surface area contributed by atoms with Crippen molar-refractivity contribution in [2.45, 2.75) is 33.6 Å². The molecule has 7 nitrogen and oxygen atoms in total. The lowest BCUT2D eigenvalue weighted by Crippen LogP contribution is -2.05. The molecule has 4 aromatic rings. The van der Waals surface area contributed by atoms with E-state index in [1.807, 2.05) is 13.0 Å². The molecule has 10 heteroatoms. The molecule has 0 aliphatic carbocycles. The molecule has 0 aliphatic heterocycles. The molecule has 158 valence electrons. The molecular formula is C20H21ClN4O3S2. The van der Waals surface area contributed by atoms with Crippen LogP contribution in [0.1, 0.15) is 40.9 Å². The minimum atomic E-state index is -0.323. The van der Waals surface area contributed by atoms with Crippen molar-refractivity contribution in [1.29, 1.82) is 0 Å². The van der Waals surface area contributed by atoms with Crippen LogP contribution < -0.4 is 5.73 Å². The van der Waals surface area contributed by atoms with Gasteiger partial charge in [-0.1, -0.05) is 30.6 Å². The summed E-state index contributed by atoms with van der Waals surface area (Å²) in [5.74, 6) is 0.681. The van der Waals surface area contributed by atoms with E-state index in [-0.39, 0.29) is 5.97 Å². The summed E-state index contributed by atoms with van der Waals surface area (Å²) in [6, 6.07) is 5.55. The number of anilines is 1. The molecule has 0 atom stereocenters. The third kappa shape index (κ3) is 4.97. The fraction of sp³-hybridized carbons (Fsp3) is 0.300. The molecule has 0 saturated carbocycles. The molecule has 0 spiro atoms. The van der Waals surface area contributed by atoms with E-state index in [1.165, 1.54) is 16.2 Å². The van der Waals surface area contributed by atoms with Crippen molar-refractivity contribution in [3.8, 4) is 11.6 Å². The standard InChI is InChI=1S/C11H8ClN3OS.C9H13NO2S/c1-2-6-5-7-9(12)14-10(15-11(7)17-6)8-3-4-13-16-8;1-3-6-5-7(8(10)13-6)9(11)12-4-2/h3-5H,2H2,1H3;5H,3-4,10H2,1-2H3. The SMILES string of the molecule is CCOC(=O)c1cc(CC)sc1N.CCc1cc2c(Cl)nc(-c3ccno3)nc2s1. The summed E-state index contributed by atoms with van der Waals surface area (Å²) < 4.78 is 9.88. The quantitative estimate of drug-likeness (QED) is 0.301. The summed E-state index contributed by atoms with van der Waals surface area (Å²) in [4.78, 5) is 23.2. The summed E-state index contributed by atoms with van der Waals surface area (Å²) >= 11 is 9.21. The number of esters is 1. The number of fused-ring (bicyclic) bond motifs is 1. The fourth-order valence-corrected chi connectivity index (χ4v) is 4.66. The number of nitrogen functional groups attached to an aromatic ring is 1. The van der Waals surface area contributed by atoms with Gasteiger partial charge in [-0.05, 0) is 31.9 Å². The summed E-state index contributed by atoms with van der Waals surface area (Å²) in [5, 5.41) is 5.54. The largest absolute Gasteiger partial charge is 0.462 e. The van der Waals surface area contributed by atoms with Crippen LogP contribution in [0.2, 0.25) is 5.15 Å². The molecule has 0 bridgehead atoms. The zero-order valence-corrected chi connectivity index (χ0v) is 19.2. The highest BCUT2D eigenvalue weighted by Crippen LogP contribution is 2.31. The number of carbonyl (C=O) groups is 1. The number of hydrogen-bond donors (Lipinski definition) is 1. The van der Waals surface area contributed by atoms with Crippen molar-refractivity contribution in [2.24, 2.45) is 0 Å². The molecule has 4 rings (SSSR count). The average Bonchev–Trinajstić information content (AvgIpc) is 3.47. The first-order valence-electron chi connectivity index (χ1n) is 9.39. The Balaban J connectivity index is 0.000000178. The number of aryl methyl sites for hydroxylation is 2. The lowest BCUT2D eigenvalue weighted by molar-refractivity contribution is 0.0528. The highest BCUT2D eigenvalue weighted by Gasteiger charge is 2.14. The minimum absolute atomic E-state index is 0.323. The monoisotopic (exact) mass is 464 g/mol. The predicted molar refractivity (Wildman–Crippen MR) is 121 cm³/mol. The Morgan fingerprint density at radius 1 is 1.17 bits per heavy atom. The van der Waals surface area contributed by atoms with Gasteiger partial charge in [-0.25, -0.2) is 14.8 Å². The van der Waals surface area contributed by atoms with Gasteiger partial charge in [-0.3, -0.25) is 0 Å². The van der Waals surface area contributed by atoms with E-state index in [9.17, 15) is 4.79 Å². The summed E-state index contributed by atoms with van der Waals surface area (Å²) in [6.45, 7) is 6.29. The molecule has 4 aromatic heterocycles. The normalized spacial score (nSPS) is 10.7. The van der Waals surface area contributed by atoms with Crippen molar-refractivity contribution in [2.75, 3.05) is 12.3 Å². The Kier molecular flexibility index (Phi) is 7.41. The molecule has 0 radical (unpaired) electrons. The molecule has 0 aliphatic rings. The number of ether oxygens (including phenoxy) is 1. The minimum Gasteiger partial charge on any atom is -0.462 e. The van der Waals surface area contributed by atoms with Crippen molar-refractivity contribution in [1.82, 2.24) is 15.1 Å². The number of carbonyl (C=O) groups excluding carboxylic acids is 1. The molecule has 4 heterocycles. The van der Waals surface area contributed by atoms with Gasteiger partial charge in [-0.2, -0.15) is 0 Å². The average molecular weight is 465 g/mol. The topological polar surface area (TPSA) is 104 Å². The Morgan fingerprint density at radius 2 is 1.90 bits per heavy atom. The molecule has 0 amide bonds. The number of nitrogens with two attached hydrogens (primary N) is 1. The number of aromatic nitrogens is 3. The lowest BCUT2D eigenvalue weighted by Gasteiger charge is -1.98. The van der Waals surface area contributed by atoms with Crippen LogP contribution in [0, 0.1) is 0 Å². The fourth-order valence-electron chi connectivity index (χ4n) is 2.55. The van der Waals surface area contributed by atoms with Crippen LogP contribution in [0.15, 0.2) is 28.9 Å². The van der Waals surface area contributed by atoms with Gasteiger partial charge in [0, 0.05) is 21.2 Å². The Hall–Kier alpha value is -2.49.